The van der Waals surface area contributed by atoms with Crippen molar-refractivity contribution in [3.8, 4) is 17.3 Å². The van der Waals surface area contributed by atoms with Gasteiger partial charge in [-0.3, -0.25) is 5.41 Å². The quantitative estimate of drug-likeness (QED) is 0.640. The SMILES string of the molecule is CC1C(O)=C(c2nc(-c3ccc(C#N)cc3)cs2)C(=N)N1CCc1ccccc1. The number of amidine groups is 1. The van der Waals surface area contributed by atoms with Crippen LogP contribution in [0.2, 0.25) is 0 Å². The standard InChI is InChI=1S/C23H20N4OS/c1-15-21(28)20(22(25)27(15)12-11-16-5-3-2-4-6-16)23-26-19(14-29-23)18-9-7-17(13-24)8-10-18/h2-10,14-15,25,28H,11-12H2,1H3. The number of hydrogen-bond donors (Lipinski definition) is 2. The summed E-state index contributed by atoms with van der Waals surface area (Å²) in [6.45, 7) is 2.57. The maximum absolute atomic E-state index is 10.7. The normalized spacial score (nSPS) is 16.3. The maximum atomic E-state index is 10.7. The first-order valence-corrected chi connectivity index (χ1v) is 10.3. The van der Waals surface area contributed by atoms with E-state index in [1.165, 1.54) is 16.9 Å². The third kappa shape index (κ3) is 3.65. The molecule has 1 atom stereocenters. The van der Waals surface area contributed by atoms with Crippen LogP contribution in [0.1, 0.15) is 23.1 Å². The summed E-state index contributed by atoms with van der Waals surface area (Å²) in [6.07, 6.45) is 0.808. The van der Waals surface area contributed by atoms with E-state index in [1.807, 2.05) is 47.5 Å². The number of nitrogens with one attached hydrogen (secondary N) is 1. The van der Waals surface area contributed by atoms with E-state index in [0.717, 1.165) is 17.7 Å². The molecule has 144 valence electrons. The first-order valence-electron chi connectivity index (χ1n) is 9.37. The van der Waals surface area contributed by atoms with E-state index in [2.05, 4.69) is 23.2 Å². The topological polar surface area (TPSA) is 84.0 Å². The molecule has 0 fully saturated rings. The monoisotopic (exact) mass is 400 g/mol. The molecule has 2 aromatic carbocycles. The fourth-order valence-electron chi connectivity index (χ4n) is 3.46. The lowest BCUT2D eigenvalue weighted by Gasteiger charge is -2.24. The summed E-state index contributed by atoms with van der Waals surface area (Å²) in [6, 6.07) is 19.3. The number of aromatic nitrogens is 1. The van der Waals surface area contributed by atoms with Gasteiger partial charge in [0.05, 0.1) is 28.9 Å². The molecule has 1 aliphatic heterocycles. The van der Waals surface area contributed by atoms with Gasteiger partial charge in [0.2, 0.25) is 0 Å². The molecule has 1 aromatic heterocycles. The molecule has 1 unspecified atom stereocenters. The van der Waals surface area contributed by atoms with Crippen molar-refractivity contribution in [2.75, 3.05) is 6.54 Å². The molecule has 3 aromatic rings. The zero-order valence-electron chi connectivity index (χ0n) is 16.0. The Morgan fingerprint density at radius 1 is 1.17 bits per heavy atom. The van der Waals surface area contributed by atoms with Gasteiger partial charge in [0.1, 0.15) is 16.6 Å². The van der Waals surface area contributed by atoms with Crippen LogP contribution in [0.3, 0.4) is 0 Å². The third-order valence-corrected chi connectivity index (χ3v) is 6.02. The minimum Gasteiger partial charge on any atom is -0.509 e. The summed E-state index contributed by atoms with van der Waals surface area (Å²) in [7, 11) is 0. The number of thiazole rings is 1. The van der Waals surface area contributed by atoms with Crippen LogP contribution in [0, 0.1) is 16.7 Å². The molecule has 0 radical (unpaired) electrons. The van der Waals surface area contributed by atoms with Crippen LogP contribution in [0.4, 0.5) is 0 Å². The minimum atomic E-state index is -0.247. The van der Waals surface area contributed by atoms with Crippen molar-refractivity contribution < 1.29 is 5.11 Å². The number of nitrogens with zero attached hydrogens (tertiary/aromatic N) is 3. The van der Waals surface area contributed by atoms with Gasteiger partial charge in [0.15, 0.2) is 0 Å². The summed E-state index contributed by atoms with van der Waals surface area (Å²) in [5.74, 6) is 0.510. The molecule has 0 saturated heterocycles. The number of aliphatic hydroxyl groups is 1. The fraction of sp³-hybridized carbons (Fsp3) is 0.174. The number of hydrogen-bond acceptors (Lipinski definition) is 5. The Labute approximate surface area is 173 Å². The van der Waals surface area contributed by atoms with Gasteiger partial charge in [-0.2, -0.15) is 5.26 Å². The molecule has 1 aliphatic rings. The van der Waals surface area contributed by atoms with Gasteiger partial charge in [0.25, 0.3) is 0 Å². The highest BCUT2D eigenvalue weighted by Gasteiger charge is 2.35. The van der Waals surface area contributed by atoms with Gasteiger partial charge in [0, 0.05) is 17.5 Å². The lowest BCUT2D eigenvalue weighted by Crippen LogP contribution is -2.35. The molecule has 0 spiro atoms. The van der Waals surface area contributed by atoms with Crippen molar-refractivity contribution in [3.63, 3.8) is 0 Å². The van der Waals surface area contributed by atoms with Gasteiger partial charge < -0.3 is 10.0 Å². The van der Waals surface area contributed by atoms with Gasteiger partial charge in [-0.05, 0) is 31.0 Å². The number of aliphatic hydroxyl groups excluding tert-OH is 1. The van der Waals surface area contributed by atoms with E-state index in [0.29, 0.717) is 28.5 Å². The minimum absolute atomic E-state index is 0.198. The van der Waals surface area contributed by atoms with Crippen molar-refractivity contribution >= 4 is 22.7 Å². The largest absolute Gasteiger partial charge is 0.509 e. The molecular weight excluding hydrogens is 380 g/mol. The zero-order valence-corrected chi connectivity index (χ0v) is 16.8. The van der Waals surface area contributed by atoms with E-state index >= 15 is 0 Å². The average molecular weight is 401 g/mol. The molecule has 6 heteroatoms. The predicted octanol–water partition coefficient (Wildman–Crippen LogP) is 4.87. The Morgan fingerprint density at radius 3 is 2.59 bits per heavy atom. The van der Waals surface area contributed by atoms with Crippen LogP contribution >= 0.6 is 11.3 Å². The molecule has 0 amide bonds. The van der Waals surface area contributed by atoms with Crippen molar-refractivity contribution in [2.45, 2.75) is 19.4 Å². The first kappa shape index (κ1) is 18.9. The van der Waals surface area contributed by atoms with E-state index in [1.54, 1.807) is 12.1 Å². The first-order chi connectivity index (χ1) is 14.1. The Bertz CT molecular complexity index is 1110. The highest BCUT2D eigenvalue weighted by molar-refractivity contribution is 7.11. The van der Waals surface area contributed by atoms with Crippen LogP contribution < -0.4 is 0 Å². The van der Waals surface area contributed by atoms with Crippen molar-refractivity contribution in [1.29, 1.82) is 10.7 Å². The van der Waals surface area contributed by atoms with Crippen molar-refractivity contribution in [1.82, 2.24) is 9.88 Å². The number of rotatable bonds is 5. The molecule has 2 heterocycles. The summed E-state index contributed by atoms with van der Waals surface area (Å²) >= 11 is 1.42. The Hall–Kier alpha value is -3.43. The second kappa shape index (κ2) is 7.90. The molecule has 2 N–H and O–H groups in total. The molecule has 0 saturated carbocycles. The second-order valence-electron chi connectivity index (χ2n) is 6.94. The van der Waals surface area contributed by atoms with Crippen LogP contribution in [0.25, 0.3) is 16.8 Å². The Kier molecular flexibility index (Phi) is 5.15. The molecule has 5 nitrogen and oxygen atoms in total. The second-order valence-corrected chi connectivity index (χ2v) is 7.80. The van der Waals surface area contributed by atoms with Gasteiger partial charge in [-0.25, -0.2) is 4.98 Å². The summed E-state index contributed by atoms with van der Waals surface area (Å²) < 4.78 is 0. The molecule has 0 aliphatic carbocycles. The van der Waals surface area contributed by atoms with E-state index in [9.17, 15) is 5.11 Å². The van der Waals surface area contributed by atoms with E-state index < -0.39 is 0 Å². The summed E-state index contributed by atoms with van der Waals surface area (Å²) in [5, 5.41) is 30.9. The van der Waals surface area contributed by atoms with Crippen molar-refractivity contribution in [3.05, 3.63) is 81.9 Å². The molecule has 4 rings (SSSR count). The van der Waals surface area contributed by atoms with Crippen molar-refractivity contribution in [2.24, 2.45) is 0 Å². The van der Waals surface area contributed by atoms with Gasteiger partial charge in [-0.1, -0.05) is 42.5 Å². The third-order valence-electron chi connectivity index (χ3n) is 5.16. The Morgan fingerprint density at radius 2 is 1.90 bits per heavy atom. The average Bonchev–Trinajstić information content (AvgIpc) is 3.31. The molecule has 0 bridgehead atoms. The van der Waals surface area contributed by atoms with Crippen LogP contribution in [-0.2, 0) is 6.42 Å². The smallest absolute Gasteiger partial charge is 0.135 e. The van der Waals surface area contributed by atoms with Crippen LogP contribution in [0.5, 0.6) is 0 Å². The van der Waals surface area contributed by atoms with Gasteiger partial charge in [-0.15, -0.1) is 11.3 Å². The van der Waals surface area contributed by atoms with E-state index in [-0.39, 0.29) is 11.8 Å². The summed E-state index contributed by atoms with van der Waals surface area (Å²) in [5.41, 5.74) is 4.00. The number of benzene rings is 2. The highest BCUT2D eigenvalue weighted by atomic mass is 32.1. The molecule has 29 heavy (non-hydrogen) atoms. The predicted molar refractivity (Wildman–Crippen MR) is 116 cm³/mol. The lowest BCUT2D eigenvalue weighted by atomic mass is 10.1. The van der Waals surface area contributed by atoms with Crippen LogP contribution in [0.15, 0.2) is 65.7 Å². The highest BCUT2D eigenvalue weighted by Crippen LogP contribution is 2.35. The molecular formula is C23H20N4OS. The Balaban J connectivity index is 1.54. The fourth-order valence-corrected chi connectivity index (χ4v) is 4.34. The van der Waals surface area contributed by atoms with Crippen LogP contribution in [-0.4, -0.2) is 33.4 Å². The lowest BCUT2D eigenvalue weighted by molar-refractivity contribution is 0.287. The van der Waals surface area contributed by atoms with E-state index in [4.69, 9.17) is 10.7 Å². The maximum Gasteiger partial charge on any atom is 0.135 e. The summed E-state index contributed by atoms with van der Waals surface area (Å²) in [4.78, 5) is 6.57. The number of nitriles is 1. The zero-order chi connectivity index (χ0) is 20.4. The van der Waals surface area contributed by atoms with Gasteiger partial charge >= 0.3 is 0 Å².